The van der Waals surface area contributed by atoms with Gasteiger partial charge in [0.25, 0.3) is 0 Å². The molecule has 0 radical (unpaired) electrons. The van der Waals surface area contributed by atoms with Crippen molar-refractivity contribution >= 4 is 11.7 Å². The van der Waals surface area contributed by atoms with Gasteiger partial charge in [-0.2, -0.15) is 0 Å². The van der Waals surface area contributed by atoms with E-state index in [1.54, 1.807) is 0 Å². The molecule has 178 valence electrons. The van der Waals surface area contributed by atoms with Gasteiger partial charge in [-0.15, -0.1) is 0 Å². The largest absolute Gasteiger partial charge is 0.448 e. The molecular weight excluding hydrogens is 434 g/mol. The van der Waals surface area contributed by atoms with Crippen LogP contribution in [0.4, 0.5) is 4.79 Å². The van der Waals surface area contributed by atoms with Crippen LogP contribution >= 0.6 is 0 Å². The van der Waals surface area contributed by atoms with E-state index in [1.165, 1.54) is 50.1 Å². The zero-order valence-corrected chi connectivity index (χ0v) is 20.6. The van der Waals surface area contributed by atoms with Crippen LogP contribution in [0.3, 0.4) is 0 Å². The van der Waals surface area contributed by atoms with Gasteiger partial charge in [0, 0.05) is 5.92 Å². The Kier molecular flexibility index (Phi) is 5.49. The zero-order chi connectivity index (χ0) is 24.1. The van der Waals surface area contributed by atoms with Crippen molar-refractivity contribution in [2.45, 2.75) is 45.2 Å². The third-order valence-corrected chi connectivity index (χ3v) is 7.74. The number of carbonyl (C=O) groups is 1. The summed E-state index contributed by atoms with van der Waals surface area (Å²) in [6.07, 6.45) is 2.77. The second-order valence-corrected chi connectivity index (χ2v) is 10.1. The summed E-state index contributed by atoms with van der Waals surface area (Å²) in [6.45, 7) is 7.90. The first-order valence-corrected chi connectivity index (χ1v) is 12.5. The minimum Gasteiger partial charge on any atom is -0.448 e. The number of amides is 1. The van der Waals surface area contributed by atoms with E-state index in [0.717, 1.165) is 6.42 Å². The number of aryl methyl sites for hydroxylation is 3. The summed E-state index contributed by atoms with van der Waals surface area (Å²) < 4.78 is 11.9. The molecule has 0 N–H and O–H groups in total. The number of carbonyl (C=O) groups excluding carboxylic acids is 1. The maximum atomic E-state index is 13.4. The molecule has 0 aromatic heterocycles. The Hall–Kier alpha value is -3.37. The van der Waals surface area contributed by atoms with Crippen molar-refractivity contribution in [1.82, 2.24) is 4.90 Å². The van der Waals surface area contributed by atoms with Crippen molar-refractivity contribution in [2.75, 3.05) is 19.8 Å². The lowest BCUT2D eigenvalue weighted by Crippen LogP contribution is -2.56. The van der Waals surface area contributed by atoms with Gasteiger partial charge in [0.2, 0.25) is 0 Å². The van der Waals surface area contributed by atoms with Crippen LogP contribution in [0, 0.1) is 20.8 Å². The second kappa shape index (κ2) is 8.69. The van der Waals surface area contributed by atoms with Gasteiger partial charge in [-0.05, 0) is 71.7 Å². The Balaban J connectivity index is 1.24. The van der Waals surface area contributed by atoms with E-state index < -0.39 is 0 Å². The summed E-state index contributed by atoms with van der Waals surface area (Å²) in [4.78, 5) is 15.3. The van der Waals surface area contributed by atoms with Crippen molar-refractivity contribution < 1.29 is 14.3 Å². The fraction of sp³-hybridized carbons (Fsp3) is 0.323. The molecule has 3 aromatic carbocycles. The van der Waals surface area contributed by atoms with Crippen LogP contribution in [0.5, 0.6) is 0 Å². The topological polar surface area (TPSA) is 38.8 Å². The van der Waals surface area contributed by atoms with Crippen molar-refractivity contribution in [3.05, 3.63) is 100 Å². The first kappa shape index (κ1) is 22.1. The Morgan fingerprint density at radius 1 is 0.943 bits per heavy atom. The minimum absolute atomic E-state index is 0.00972. The number of morpholine rings is 1. The highest BCUT2D eigenvalue weighted by Gasteiger charge is 2.40. The van der Waals surface area contributed by atoms with Gasteiger partial charge in [0.15, 0.2) is 0 Å². The molecule has 1 saturated heterocycles. The molecule has 2 atom stereocenters. The van der Waals surface area contributed by atoms with Gasteiger partial charge in [-0.3, -0.25) is 4.90 Å². The molecule has 3 aromatic rings. The predicted molar refractivity (Wildman–Crippen MR) is 139 cm³/mol. The summed E-state index contributed by atoms with van der Waals surface area (Å²) in [6, 6.07) is 21.3. The fourth-order valence-electron chi connectivity index (χ4n) is 6.42. The maximum absolute atomic E-state index is 13.4. The van der Waals surface area contributed by atoms with Crippen LogP contribution in [0.15, 0.2) is 66.7 Å². The smallest absolute Gasteiger partial charge is 0.410 e. The number of benzene rings is 3. The average Bonchev–Trinajstić information content (AvgIpc) is 3.15. The number of hydrogen-bond acceptors (Lipinski definition) is 3. The molecule has 1 aliphatic carbocycles. The van der Waals surface area contributed by atoms with Crippen molar-refractivity contribution in [1.29, 1.82) is 0 Å². The van der Waals surface area contributed by atoms with Gasteiger partial charge < -0.3 is 9.47 Å². The van der Waals surface area contributed by atoms with Crippen LogP contribution in [0.1, 0.15) is 45.7 Å². The molecule has 4 heteroatoms. The van der Waals surface area contributed by atoms with E-state index in [-0.39, 0.29) is 24.1 Å². The predicted octanol–water partition coefficient (Wildman–Crippen LogP) is 6.42. The second-order valence-electron chi connectivity index (χ2n) is 10.1. The Labute approximate surface area is 207 Å². The van der Waals surface area contributed by atoms with Crippen LogP contribution in [-0.2, 0) is 9.47 Å². The van der Waals surface area contributed by atoms with E-state index in [1.807, 2.05) is 4.90 Å². The first-order valence-electron chi connectivity index (χ1n) is 12.5. The number of hydrogen-bond donors (Lipinski definition) is 0. The summed E-state index contributed by atoms with van der Waals surface area (Å²) >= 11 is 0. The number of nitrogens with zero attached hydrogens (tertiary/aromatic N) is 1. The molecule has 1 amide bonds. The zero-order valence-electron chi connectivity index (χ0n) is 20.6. The number of ether oxygens (including phenoxy) is 2. The van der Waals surface area contributed by atoms with Gasteiger partial charge in [0.05, 0.1) is 25.3 Å². The monoisotopic (exact) mass is 465 g/mol. The lowest BCUT2D eigenvalue weighted by Gasteiger charge is -2.44. The lowest BCUT2D eigenvalue weighted by molar-refractivity contribution is -0.0331. The summed E-state index contributed by atoms with van der Waals surface area (Å²) in [5.41, 5.74) is 11.5. The molecule has 35 heavy (non-hydrogen) atoms. The van der Waals surface area contributed by atoms with Crippen molar-refractivity contribution in [3.8, 4) is 11.1 Å². The first-order chi connectivity index (χ1) is 17.0. The summed E-state index contributed by atoms with van der Waals surface area (Å²) in [5.74, 6) is 0.0659. The number of fused-ring (bicyclic) bond motifs is 5. The van der Waals surface area contributed by atoms with Crippen LogP contribution < -0.4 is 0 Å². The Morgan fingerprint density at radius 3 is 2.20 bits per heavy atom. The highest BCUT2D eigenvalue weighted by molar-refractivity contribution is 5.80. The Bertz CT molecular complexity index is 1270. The van der Waals surface area contributed by atoms with Gasteiger partial charge in [-0.25, -0.2) is 4.79 Å². The van der Waals surface area contributed by atoms with Crippen LogP contribution in [0.25, 0.3) is 16.7 Å². The quantitative estimate of drug-likeness (QED) is 0.448. The molecule has 4 nitrogen and oxygen atoms in total. The molecule has 2 heterocycles. The highest BCUT2D eigenvalue weighted by atomic mass is 16.6. The molecule has 2 bridgehead atoms. The molecule has 3 aliphatic rings. The van der Waals surface area contributed by atoms with E-state index in [2.05, 4.69) is 87.5 Å². The summed E-state index contributed by atoms with van der Waals surface area (Å²) in [7, 11) is 0. The summed E-state index contributed by atoms with van der Waals surface area (Å²) in [5, 5.41) is 0. The van der Waals surface area contributed by atoms with Gasteiger partial charge in [-0.1, -0.05) is 72.3 Å². The third kappa shape index (κ3) is 3.77. The van der Waals surface area contributed by atoms with E-state index in [4.69, 9.17) is 9.47 Å². The van der Waals surface area contributed by atoms with Crippen molar-refractivity contribution in [2.24, 2.45) is 0 Å². The van der Waals surface area contributed by atoms with Crippen LogP contribution in [-0.4, -0.2) is 42.9 Å². The molecule has 2 aliphatic heterocycles. The van der Waals surface area contributed by atoms with Crippen LogP contribution in [0.2, 0.25) is 0 Å². The van der Waals surface area contributed by atoms with Gasteiger partial charge >= 0.3 is 6.09 Å². The maximum Gasteiger partial charge on any atom is 0.410 e. The molecule has 0 saturated carbocycles. The normalized spacial score (nSPS) is 20.8. The molecule has 2 unspecified atom stereocenters. The molecular formula is C31H31NO3. The Morgan fingerprint density at radius 2 is 1.57 bits per heavy atom. The SMILES string of the molecule is Cc1cc(C)c(C2=CC3COCC(C2)N3C(=O)OCC2c3ccccc3-c3ccccc32)c(C)c1. The minimum atomic E-state index is -0.238. The van der Waals surface area contributed by atoms with Crippen molar-refractivity contribution in [3.63, 3.8) is 0 Å². The molecule has 1 fully saturated rings. The average molecular weight is 466 g/mol. The van der Waals surface area contributed by atoms with E-state index in [0.29, 0.717) is 19.8 Å². The molecule has 6 rings (SSSR count). The third-order valence-electron chi connectivity index (χ3n) is 7.74. The standard InChI is InChI=1S/C31H31NO3/c1-19-12-20(2)30(21(3)13-19)22-14-23-16-34-17-24(15-22)32(23)31(33)35-18-29-27-10-6-4-8-25(27)26-9-5-7-11-28(26)29/h4-14,23-24,29H,15-18H2,1-3H3. The fourth-order valence-corrected chi connectivity index (χ4v) is 6.42. The number of rotatable bonds is 3. The molecule has 0 spiro atoms. The highest BCUT2D eigenvalue weighted by Crippen LogP contribution is 2.45. The lowest BCUT2D eigenvalue weighted by atomic mass is 9.85. The van der Waals surface area contributed by atoms with E-state index >= 15 is 0 Å². The van der Waals surface area contributed by atoms with E-state index in [9.17, 15) is 4.79 Å². The van der Waals surface area contributed by atoms with Gasteiger partial charge in [0.1, 0.15) is 6.61 Å².